The van der Waals surface area contributed by atoms with Crippen LogP contribution in [0.4, 0.5) is 10.1 Å². The standard InChI is InChI=1S/C27H23FN4O2S/c1-16-15-22(17(2)31(16)20-10-6-18(7-11-20)26(33)34)25-24(23-5-3-4-14-29-23)30-27(35)32(25)21-12-8-19(28)9-13-21/h3-15,24-25H,1-2H3,(H,30,35)(H,33,34). The zero-order chi connectivity index (χ0) is 24.7. The topological polar surface area (TPSA) is 70.4 Å². The molecule has 2 N–H and O–H groups in total. The number of pyridine rings is 1. The maximum Gasteiger partial charge on any atom is 0.335 e. The SMILES string of the molecule is Cc1cc(C2C(c3ccccn3)NC(=S)N2c2ccc(F)cc2)c(C)n1-c1ccc(C(=O)O)cc1. The summed E-state index contributed by atoms with van der Waals surface area (Å²) in [4.78, 5) is 17.9. The maximum atomic E-state index is 13.7. The number of rotatable bonds is 5. The highest BCUT2D eigenvalue weighted by molar-refractivity contribution is 7.80. The Morgan fingerprint density at radius 2 is 1.71 bits per heavy atom. The van der Waals surface area contributed by atoms with Gasteiger partial charge in [-0.3, -0.25) is 4.98 Å². The lowest BCUT2D eigenvalue weighted by Gasteiger charge is -2.28. The first-order valence-corrected chi connectivity index (χ1v) is 11.5. The molecule has 35 heavy (non-hydrogen) atoms. The Bertz CT molecular complexity index is 1400. The van der Waals surface area contributed by atoms with Crippen LogP contribution >= 0.6 is 12.2 Å². The molecule has 1 aliphatic heterocycles. The number of nitrogens with zero attached hydrogens (tertiary/aromatic N) is 3. The Hall–Kier alpha value is -4.04. The molecule has 1 fully saturated rings. The summed E-state index contributed by atoms with van der Waals surface area (Å²) in [5.74, 6) is -1.27. The van der Waals surface area contributed by atoms with Gasteiger partial charge in [-0.05, 0) is 98.4 Å². The number of halogens is 1. The van der Waals surface area contributed by atoms with Crippen molar-refractivity contribution in [3.8, 4) is 5.69 Å². The highest BCUT2D eigenvalue weighted by Crippen LogP contribution is 2.43. The second-order valence-electron chi connectivity index (χ2n) is 8.49. The minimum atomic E-state index is -0.961. The molecule has 2 aromatic carbocycles. The van der Waals surface area contributed by atoms with Gasteiger partial charge in [0.25, 0.3) is 0 Å². The van der Waals surface area contributed by atoms with Crippen molar-refractivity contribution in [2.75, 3.05) is 4.90 Å². The van der Waals surface area contributed by atoms with Crippen molar-refractivity contribution in [3.63, 3.8) is 0 Å². The van der Waals surface area contributed by atoms with E-state index in [1.54, 1.807) is 42.6 Å². The highest BCUT2D eigenvalue weighted by Gasteiger charge is 2.42. The first kappa shape index (κ1) is 22.7. The molecule has 3 heterocycles. The van der Waals surface area contributed by atoms with Crippen LogP contribution in [-0.2, 0) is 0 Å². The van der Waals surface area contributed by atoms with E-state index in [0.29, 0.717) is 5.11 Å². The van der Waals surface area contributed by atoms with Crippen molar-refractivity contribution >= 4 is 29.0 Å². The van der Waals surface area contributed by atoms with Crippen LogP contribution in [-0.4, -0.2) is 25.7 Å². The smallest absolute Gasteiger partial charge is 0.335 e. The second kappa shape index (κ2) is 8.96. The van der Waals surface area contributed by atoms with Crippen molar-refractivity contribution in [2.24, 2.45) is 0 Å². The highest BCUT2D eigenvalue weighted by atomic mass is 32.1. The molecule has 8 heteroatoms. The fourth-order valence-electron chi connectivity index (χ4n) is 4.79. The molecule has 0 bridgehead atoms. The lowest BCUT2D eigenvalue weighted by molar-refractivity contribution is 0.0697. The van der Waals surface area contributed by atoms with Crippen molar-refractivity contribution in [1.82, 2.24) is 14.9 Å². The third-order valence-corrected chi connectivity index (χ3v) is 6.68. The summed E-state index contributed by atoms with van der Waals surface area (Å²) in [7, 11) is 0. The van der Waals surface area contributed by atoms with E-state index in [1.807, 2.05) is 36.9 Å². The van der Waals surface area contributed by atoms with Gasteiger partial charge in [0.1, 0.15) is 5.82 Å². The molecule has 6 nitrogen and oxygen atoms in total. The number of aromatic carboxylic acids is 1. The lowest BCUT2D eigenvalue weighted by Crippen LogP contribution is -2.29. The minimum absolute atomic E-state index is 0.225. The van der Waals surface area contributed by atoms with Crippen molar-refractivity contribution < 1.29 is 14.3 Å². The van der Waals surface area contributed by atoms with E-state index in [1.165, 1.54) is 12.1 Å². The van der Waals surface area contributed by atoms with Crippen LogP contribution in [0.3, 0.4) is 0 Å². The number of anilines is 1. The molecule has 2 aromatic heterocycles. The molecule has 2 atom stereocenters. The Labute approximate surface area is 207 Å². The van der Waals surface area contributed by atoms with Crippen LogP contribution in [0.1, 0.15) is 45.1 Å². The van der Waals surface area contributed by atoms with Crippen molar-refractivity contribution in [3.05, 3.63) is 113 Å². The fourth-order valence-corrected chi connectivity index (χ4v) is 5.13. The molecular weight excluding hydrogens is 463 g/mol. The van der Waals surface area contributed by atoms with Crippen LogP contribution < -0.4 is 10.2 Å². The zero-order valence-corrected chi connectivity index (χ0v) is 20.0. The van der Waals surface area contributed by atoms with E-state index in [0.717, 1.165) is 34.0 Å². The minimum Gasteiger partial charge on any atom is -0.478 e. The number of hydrogen-bond donors (Lipinski definition) is 2. The first-order chi connectivity index (χ1) is 16.8. The summed E-state index contributed by atoms with van der Waals surface area (Å²) < 4.78 is 15.8. The van der Waals surface area contributed by atoms with Gasteiger partial charge in [0.2, 0.25) is 0 Å². The molecule has 0 aliphatic carbocycles. The number of aryl methyl sites for hydroxylation is 1. The zero-order valence-electron chi connectivity index (χ0n) is 19.1. The number of carboxylic acids is 1. The third kappa shape index (κ3) is 4.06. The average molecular weight is 487 g/mol. The molecule has 2 unspecified atom stereocenters. The van der Waals surface area contributed by atoms with Crippen LogP contribution in [0, 0.1) is 19.7 Å². The summed E-state index contributed by atoms with van der Waals surface area (Å²) >= 11 is 5.76. The van der Waals surface area contributed by atoms with E-state index in [2.05, 4.69) is 20.9 Å². The largest absolute Gasteiger partial charge is 0.478 e. The molecule has 0 radical (unpaired) electrons. The van der Waals surface area contributed by atoms with Crippen molar-refractivity contribution in [2.45, 2.75) is 25.9 Å². The molecular formula is C27H23FN4O2S. The van der Waals surface area contributed by atoms with E-state index >= 15 is 0 Å². The Kier molecular flexibility index (Phi) is 5.82. The molecule has 176 valence electrons. The van der Waals surface area contributed by atoms with Gasteiger partial charge in [-0.1, -0.05) is 6.07 Å². The van der Waals surface area contributed by atoms with Crippen molar-refractivity contribution in [1.29, 1.82) is 0 Å². The monoisotopic (exact) mass is 486 g/mol. The summed E-state index contributed by atoms with van der Waals surface area (Å²) in [6, 6.07) is 20.5. The lowest BCUT2D eigenvalue weighted by atomic mass is 9.96. The molecule has 0 saturated carbocycles. The second-order valence-corrected chi connectivity index (χ2v) is 8.87. The number of benzene rings is 2. The van der Waals surface area contributed by atoms with Crippen LogP contribution in [0.5, 0.6) is 0 Å². The predicted molar refractivity (Wildman–Crippen MR) is 137 cm³/mol. The number of thiocarbonyl (C=S) groups is 1. The molecule has 1 saturated heterocycles. The van der Waals surface area contributed by atoms with Gasteiger partial charge in [0.15, 0.2) is 5.11 Å². The molecule has 0 spiro atoms. The van der Waals surface area contributed by atoms with Gasteiger partial charge >= 0.3 is 5.97 Å². The Morgan fingerprint density at radius 1 is 1.03 bits per heavy atom. The number of carboxylic acid groups (broad SMARTS) is 1. The van der Waals surface area contributed by atoms with Gasteiger partial charge < -0.3 is 19.9 Å². The number of nitrogens with one attached hydrogen (secondary N) is 1. The summed E-state index contributed by atoms with van der Waals surface area (Å²) in [6.07, 6.45) is 1.75. The molecule has 1 aliphatic rings. The third-order valence-electron chi connectivity index (χ3n) is 6.36. The summed E-state index contributed by atoms with van der Waals surface area (Å²) in [5.41, 5.74) is 5.76. The number of carbonyl (C=O) groups is 1. The normalized spacial score (nSPS) is 17.5. The molecule has 5 rings (SSSR count). The Balaban J connectivity index is 1.65. The van der Waals surface area contributed by atoms with E-state index in [-0.39, 0.29) is 23.5 Å². The van der Waals surface area contributed by atoms with E-state index in [9.17, 15) is 14.3 Å². The molecule has 4 aromatic rings. The van der Waals surface area contributed by atoms with Crippen LogP contribution in [0.2, 0.25) is 0 Å². The average Bonchev–Trinajstić information content (AvgIpc) is 3.35. The maximum absolute atomic E-state index is 13.7. The van der Waals surface area contributed by atoms with Gasteiger partial charge in [-0.15, -0.1) is 0 Å². The molecule has 0 amide bonds. The van der Waals surface area contributed by atoms with Gasteiger partial charge in [-0.25, -0.2) is 9.18 Å². The first-order valence-electron chi connectivity index (χ1n) is 11.1. The number of aromatic nitrogens is 2. The van der Waals surface area contributed by atoms with Gasteiger partial charge in [0.05, 0.1) is 23.3 Å². The predicted octanol–water partition coefficient (Wildman–Crippen LogP) is 5.50. The fraction of sp³-hybridized carbons (Fsp3) is 0.148. The van der Waals surface area contributed by atoms with Crippen LogP contribution in [0.25, 0.3) is 5.69 Å². The van der Waals surface area contributed by atoms with E-state index in [4.69, 9.17) is 12.2 Å². The summed E-state index contributed by atoms with van der Waals surface area (Å²) in [5, 5.41) is 13.2. The summed E-state index contributed by atoms with van der Waals surface area (Å²) in [6.45, 7) is 4.05. The number of hydrogen-bond acceptors (Lipinski definition) is 3. The van der Waals surface area contributed by atoms with Gasteiger partial charge in [-0.2, -0.15) is 0 Å². The Morgan fingerprint density at radius 3 is 2.34 bits per heavy atom. The quantitative estimate of drug-likeness (QED) is 0.363. The van der Waals surface area contributed by atoms with Gasteiger partial charge in [0, 0.05) is 29.0 Å². The van der Waals surface area contributed by atoms with E-state index < -0.39 is 5.97 Å². The van der Waals surface area contributed by atoms with Crippen LogP contribution in [0.15, 0.2) is 79.0 Å².